The van der Waals surface area contributed by atoms with Crippen molar-refractivity contribution in [3.8, 4) is 11.5 Å². The summed E-state index contributed by atoms with van der Waals surface area (Å²) >= 11 is 0. The SMILES string of the molecule is CCOc1ccc(/C=C2\N=C(c3ccccc3OC)OC2=O)cc1. The highest BCUT2D eigenvalue weighted by atomic mass is 16.6. The van der Waals surface area contributed by atoms with E-state index >= 15 is 0 Å². The Morgan fingerprint density at radius 1 is 1.12 bits per heavy atom. The summed E-state index contributed by atoms with van der Waals surface area (Å²) < 4.78 is 16.0. The first kappa shape index (κ1) is 15.8. The van der Waals surface area contributed by atoms with E-state index in [4.69, 9.17) is 14.2 Å². The molecular formula is C19H17NO4. The van der Waals surface area contributed by atoms with Gasteiger partial charge in [-0.25, -0.2) is 9.79 Å². The molecule has 0 radical (unpaired) electrons. The smallest absolute Gasteiger partial charge is 0.363 e. The molecule has 0 aromatic heterocycles. The topological polar surface area (TPSA) is 57.1 Å². The van der Waals surface area contributed by atoms with Crippen molar-refractivity contribution in [2.24, 2.45) is 4.99 Å². The Balaban J connectivity index is 1.88. The minimum absolute atomic E-state index is 0.245. The van der Waals surface area contributed by atoms with Gasteiger partial charge < -0.3 is 14.2 Å². The summed E-state index contributed by atoms with van der Waals surface area (Å²) in [6.45, 7) is 2.54. The standard InChI is InChI=1S/C19H17NO4/c1-3-23-14-10-8-13(9-11-14)12-16-19(21)24-18(20-16)15-6-4-5-7-17(15)22-2/h4-12H,3H2,1-2H3/b16-12-. The Bertz CT molecular complexity index is 806. The summed E-state index contributed by atoms with van der Waals surface area (Å²) in [5.74, 6) is 1.15. The van der Waals surface area contributed by atoms with E-state index in [1.165, 1.54) is 0 Å². The van der Waals surface area contributed by atoms with Crippen molar-refractivity contribution < 1.29 is 19.0 Å². The Kier molecular flexibility index (Phi) is 4.61. The lowest BCUT2D eigenvalue weighted by molar-refractivity contribution is -0.129. The molecule has 1 heterocycles. The zero-order valence-corrected chi connectivity index (χ0v) is 13.5. The highest BCUT2D eigenvalue weighted by molar-refractivity contribution is 6.13. The van der Waals surface area contributed by atoms with Gasteiger partial charge >= 0.3 is 5.97 Å². The van der Waals surface area contributed by atoms with Gasteiger partial charge in [0.2, 0.25) is 5.90 Å². The van der Waals surface area contributed by atoms with Crippen molar-refractivity contribution in [1.29, 1.82) is 0 Å². The highest BCUT2D eigenvalue weighted by Crippen LogP contribution is 2.25. The molecule has 5 nitrogen and oxygen atoms in total. The first-order valence-corrected chi connectivity index (χ1v) is 7.60. The first-order valence-electron chi connectivity index (χ1n) is 7.60. The molecule has 0 spiro atoms. The molecule has 0 unspecified atom stereocenters. The van der Waals surface area contributed by atoms with Gasteiger partial charge in [-0.15, -0.1) is 0 Å². The van der Waals surface area contributed by atoms with E-state index in [1.54, 1.807) is 25.3 Å². The lowest BCUT2D eigenvalue weighted by Gasteiger charge is -2.05. The Labute approximate surface area is 140 Å². The summed E-state index contributed by atoms with van der Waals surface area (Å²) in [6.07, 6.45) is 1.68. The number of nitrogens with zero attached hydrogens (tertiary/aromatic N) is 1. The molecule has 122 valence electrons. The van der Waals surface area contributed by atoms with E-state index in [2.05, 4.69) is 4.99 Å². The predicted octanol–water partition coefficient (Wildman–Crippen LogP) is 3.44. The summed E-state index contributed by atoms with van der Waals surface area (Å²) in [5.41, 5.74) is 1.74. The van der Waals surface area contributed by atoms with Crippen LogP contribution in [0.1, 0.15) is 18.1 Å². The zero-order chi connectivity index (χ0) is 16.9. The molecule has 0 fully saturated rings. The fraction of sp³-hybridized carbons (Fsp3) is 0.158. The number of hydrogen-bond donors (Lipinski definition) is 0. The number of para-hydroxylation sites is 1. The molecular weight excluding hydrogens is 306 g/mol. The second-order valence-corrected chi connectivity index (χ2v) is 5.04. The fourth-order valence-electron chi connectivity index (χ4n) is 2.33. The van der Waals surface area contributed by atoms with E-state index in [-0.39, 0.29) is 11.6 Å². The second-order valence-electron chi connectivity index (χ2n) is 5.04. The van der Waals surface area contributed by atoms with E-state index in [0.29, 0.717) is 17.9 Å². The van der Waals surface area contributed by atoms with Crippen LogP contribution in [0.4, 0.5) is 0 Å². The molecule has 0 aliphatic carbocycles. The van der Waals surface area contributed by atoms with Crippen LogP contribution in [0.3, 0.4) is 0 Å². The van der Waals surface area contributed by atoms with Gasteiger partial charge in [0.1, 0.15) is 11.5 Å². The molecule has 0 N–H and O–H groups in total. The molecule has 2 aromatic rings. The minimum atomic E-state index is -0.482. The highest BCUT2D eigenvalue weighted by Gasteiger charge is 2.26. The molecule has 1 aliphatic rings. The van der Waals surface area contributed by atoms with Crippen LogP contribution in [0, 0.1) is 0 Å². The van der Waals surface area contributed by atoms with Crippen LogP contribution >= 0.6 is 0 Å². The van der Waals surface area contributed by atoms with Gasteiger partial charge in [-0.1, -0.05) is 24.3 Å². The third-order valence-corrected chi connectivity index (χ3v) is 3.45. The number of hydrogen-bond acceptors (Lipinski definition) is 5. The Hall–Kier alpha value is -3.08. The molecule has 0 atom stereocenters. The molecule has 0 bridgehead atoms. The van der Waals surface area contributed by atoms with Crippen molar-refractivity contribution >= 4 is 17.9 Å². The van der Waals surface area contributed by atoms with E-state index in [9.17, 15) is 4.79 Å². The van der Waals surface area contributed by atoms with Crippen LogP contribution in [-0.2, 0) is 9.53 Å². The average molecular weight is 323 g/mol. The van der Waals surface area contributed by atoms with Crippen LogP contribution in [0.2, 0.25) is 0 Å². The Morgan fingerprint density at radius 2 is 1.88 bits per heavy atom. The van der Waals surface area contributed by atoms with Crippen molar-refractivity contribution in [2.45, 2.75) is 6.92 Å². The van der Waals surface area contributed by atoms with E-state index in [1.807, 2.05) is 43.3 Å². The fourth-order valence-corrected chi connectivity index (χ4v) is 2.33. The second kappa shape index (κ2) is 7.00. The van der Waals surface area contributed by atoms with Crippen LogP contribution < -0.4 is 9.47 Å². The number of carbonyl (C=O) groups excluding carboxylic acids is 1. The quantitative estimate of drug-likeness (QED) is 0.625. The maximum atomic E-state index is 12.1. The van der Waals surface area contributed by atoms with Gasteiger partial charge in [-0.2, -0.15) is 0 Å². The van der Waals surface area contributed by atoms with Crippen LogP contribution in [0.5, 0.6) is 11.5 Å². The van der Waals surface area contributed by atoms with Crippen molar-refractivity contribution in [1.82, 2.24) is 0 Å². The lowest BCUT2D eigenvalue weighted by atomic mass is 10.2. The van der Waals surface area contributed by atoms with E-state index in [0.717, 1.165) is 11.3 Å². The number of aliphatic imine (C=N–C) groups is 1. The minimum Gasteiger partial charge on any atom is -0.496 e. The Morgan fingerprint density at radius 3 is 2.58 bits per heavy atom. The monoisotopic (exact) mass is 323 g/mol. The number of methoxy groups -OCH3 is 1. The van der Waals surface area contributed by atoms with Gasteiger partial charge in [-0.3, -0.25) is 0 Å². The van der Waals surface area contributed by atoms with Crippen LogP contribution in [0.15, 0.2) is 59.2 Å². The molecule has 24 heavy (non-hydrogen) atoms. The van der Waals surface area contributed by atoms with Crippen molar-refractivity contribution in [3.05, 3.63) is 65.4 Å². The maximum Gasteiger partial charge on any atom is 0.363 e. The number of esters is 1. The summed E-state index contributed by atoms with van der Waals surface area (Å²) in [4.78, 5) is 16.4. The summed E-state index contributed by atoms with van der Waals surface area (Å²) in [6, 6.07) is 14.7. The summed E-state index contributed by atoms with van der Waals surface area (Å²) in [7, 11) is 1.56. The molecule has 3 rings (SSSR count). The largest absolute Gasteiger partial charge is 0.496 e. The average Bonchev–Trinajstić information content (AvgIpc) is 2.97. The van der Waals surface area contributed by atoms with E-state index < -0.39 is 5.97 Å². The molecule has 0 amide bonds. The van der Waals surface area contributed by atoms with Gasteiger partial charge in [0, 0.05) is 0 Å². The lowest BCUT2D eigenvalue weighted by Crippen LogP contribution is -2.06. The first-order chi connectivity index (χ1) is 11.7. The number of cyclic esters (lactones) is 1. The molecule has 2 aromatic carbocycles. The van der Waals surface area contributed by atoms with Gasteiger partial charge in [-0.05, 0) is 42.8 Å². The third kappa shape index (κ3) is 3.30. The van der Waals surface area contributed by atoms with Crippen molar-refractivity contribution in [3.63, 3.8) is 0 Å². The number of carbonyl (C=O) groups is 1. The van der Waals surface area contributed by atoms with Crippen molar-refractivity contribution in [2.75, 3.05) is 13.7 Å². The number of ether oxygens (including phenoxy) is 3. The van der Waals surface area contributed by atoms with Crippen LogP contribution in [-0.4, -0.2) is 25.6 Å². The zero-order valence-electron chi connectivity index (χ0n) is 13.5. The van der Waals surface area contributed by atoms with Gasteiger partial charge in [0.05, 0.1) is 19.3 Å². The number of benzene rings is 2. The summed E-state index contributed by atoms with van der Waals surface area (Å²) in [5, 5.41) is 0. The predicted molar refractivity (Wildman–Crippen MR) is 91.2 cm³/mol. The van der Waals surface area contributed by atoms with Gasteiger partial charge in [0.15, 0.2) is 5.70 Å². The maximum absolute atomic E-state index is 12.1. The molecule has 1 aliphatic heterocycles. The number of rotatable bonds is 5. The van der Waals surface area contributed by atoms with Gasteiger partial charge in [0.25, 0.3) is 0 Å². The normalized spacial score (nSPS) is 15.2. The third-order valence-electron chi connectivity index (χ3n) is 3.45. The van der Waals surface area contributed by atoms with Crippen LogP contribution in [0.25, 0.3) is 6.08 Å². The molecule has 0 saturated heterocycles. The molecule has 5 heteroatoms. The molecule has 0 saturated carbocycles.